The fourth-order valence-corrected chi connectivity index (χ4v) is 1.64. The lowest BCUT2D eigenvalue weighted by molar-refractivity contribution is 1.05. The van der Waals surface area contributed by atoms with E-state index >= 15 is 0 Å². The van der Waals surface area contributed by atoms with Gasteiger partial charge in [-0.2, -0.15) is 0 Å². The molecule has 0 aliphatic carbocycles. The lowest BCUT2D eigenvalue weighted by Gasteiger charge is -2.15. The molecule has 90 valence electrons. The van der Waals surface area contributed by atoms with Crippen LogP contribution in [0.5, 0.6) is 0 Å². The molecule has 2 rings (SSSR count). The highest BCUT2D eigenvalue weighted by atomic mass is 15.1. The predicted octanol–water partition coefficient (Wildman–Crippen LogP) is 2.88. The van der Waals surface area contributed by atoms with Crippen LogP contribution in [0.25, 0.3) is 0 Å². The van der Waals surface area contributed by atoms with Gasteiger partial charge in [0.1, 0.15) is 5.69 Å². The van der Waals surface area contributed by atoms with Crippen molar-refractivity contribution >= 4 is 5.69 Å². The van der Waals surface area contributed by atoms with E-state index in [0.717, 1.165) is 11.4 Å². The number of para-hydroxylation sites is 1. The van der Waals surface area contributed by atoms with Gasteiger partial charge in [-0.25, -0.2) is 4.98 Å². The smallest absolute Gasteiger partial charge is 0.113 e. The minimum Gasteiger partial charge on any atom is -0.363 e. The zero-order valence-corrected chi connectivity index (χ0v) is 10.7. The lowest BCUT2D eigenvalue weighted by atomic mass is 10.3. The molecule has 2 nitrogen and oxygen atoms in total. The van der Waals surface area contributed by atoms with Gasteiger partial charge in [0, 0.05) is 18.4 Å². The second-order valence-corrected chi connectivity index (χ2v) is 4.16. The molecular weight excluding hydrogens is 220 g/mol. The molecule has 0 fully saturated rings. The Hall–Kier alpha value is -2.27. The van der Waals surface area contributed by atoms with Crippen molar-refractivity contribution in [3.05, 3.63) is 59.9 Å². The number of anilines is 1. The van der Waals surface area contributed by atoms with Crippen LogP contribution in [-0.2, 0) is 0 Å². The summed E-state index contributed by atoms with van der Waals surface area (Å²) < 4.78 is 0. The second kappa shape index (κ2) is 5.88. The van der Waals surface area contributed by atoms with E-state index in [1.165, 1.54) is 5.69 Å². The van der Waals surface area contributed by atoms with Crippen LogP contribution < -0.4 is 4.90 Å². The summed E-state index contributed by atoms with van der Waals surface area (Å²) in [6.45, 7) is 2.67. The molecule has 2 heteroatoms. The first kappa shape index (κ1) is 12.2. The number of pyridine rings is 1. The highest BCUT2D eigenvalue weighted by Crippen LogP contribution is 2.09. The zero-order chi connectivity index (χ0) is 12.8. The van der Waals surface area contributed by atoms with E-state index in [2.05, 4.69) is 33.9 Å². The standard InChI is InChI=1S/C16H16N2/c1-14-8-6-9-15(17-14)10-7-13-18(2)16-11-4-3-5-12-16/h3-6,8-9,11-12H,13H2,1-2H3. The number of aromatic nitrogens is 1. The van der Waals surface area contributed by atoms with Crippen LogP contribution in [0.1, 0.15) is 11.4 Å². The molecule has 0 unspecified atom stereocenters. The van der Waals surface area contributed by atoms with Crippen LogP contribution in [0.4, 0.5) is 5.69 Å². The SMILES string of the molecule is Cc1cccc(C#CCN(C)c2ccccc2)n1. The van der Waals surface area contributed by atoms with Gasteiger partial charge in [0.05, 0.1) is 6.54 Å². The molecule has 0 N–H and O–H groups in total. The minimum atomic E-state index is 0.694. The van der Waals surface area contributed by atoms with Gasteiger partial charge in [-0.1, -0.05) is 30.2 Å². The third kappa shape index (κ3) is 3.36. The van der Waals surface area contributed by atoms with Gasteiger partial charge in [0.25, 0.3) is 0 Å². The van der Waals surface area contributed by atoms with Gasteiger partial charge < -0.3 is 4.90 Å². The highest BCUT2D eigenvalue weighted by Gasteiger charge is 1.95. The minimum absolute atomic E-state index is 0.694. The Morgan fingerprint density at radius 1 is 1.06 bits per heavy atom. The molecule has 0 atom stereocenters. The Balaban J connectivity index is 2.00. The van der Waals surface area contributed by atoms with Crippen molar-refractivity contribution in [3.63, 3.8) is 0 Å². The molecule has 1 aromatic heterocycles. The molecule has 18 heavy (non-hydrogen) atoms. The molecule has 1 heterocycles. The topological polar surface area (TPSA) is 16.1 Å². The fraction of sp³-hybridized carbons (Fsp3) is 0.188. The maximum atomic E-state index is 4.35. The lowest BCUT2D eigenvalue weighted by Crippen LogP contribution is -2.16. The van der Waals surface area contributed by atoms with E-state index < -0.39 is 0 Å². The molecular formula is C16H16N2. The van der Waals surface area contributed by atoms with E-state index in [0.29, 0.717) is 6.54 Å². The molecule has 0 spiro atoms. The van der Waals surface area contributed by atoms with Gasteiger partial charge in [-0.15, -0.1) is 0 Å². The summed E-state index contributed by atoms with van der Waals surface area (Å²) >= 11 is 0. The first-order chi connectivity index (χ1) is 8.75. The van der Waals surface area contributed by atoms with E-state index in [9.17, 15) is 0 Å². The average Bonchev–Trinajstić information content (AvgIpc) is 2.40. The van der Waals surface area contributed by atoms with Crippen LogP contribution in [0.3, 0.4) is 0 Å². The molecule has 0 bridgehead atoms. The Bertz CT molecular complexity index is 564. The highest BCUT2D eigenvalue weighted by molar-refractivity contribution is 5.46. The normalized spacial score (nSPS) is 9.44. The average molecular weight is 236 g/mol. The largest absolute Gasteiger partial charge is 0.363 e. The fourth-order valence-electron chi connectivity index (χ4n) is 1.64. The van der Waals surface area contributed by atoms with Gasteiger partial charge in [-0.05, 0) is 37.1 Å². The van der Waals surface area contributed by atoms with Crippen molar-refractivity contribution in [1.82, 2.24) is 4.98 Å². The first-order valence-corrected chi connectivity index (χ1v) is 5.94. The number of rotatable bonds is 2. The van der Waals surface area contributed by atoms with Crippen molar-refractivity contribution in [2.75, 3.05) is 18.5 Å². The van der Waals surface area contributed by atoms with Crippen LogP contribution in [-0.4, -0.2) is 18.6 Å². The monoisotopic (exact) mass is 236 g/mol. The number of benzene rings is 1. The molecule has 0 saturated heterocycles. The summed E-state index contributed by atoms with van der Waals surface area (Å²) in [5, 5.41) is 0. The molecule has 0 aliphatic heterocycles. The number of hydrogen-bond donors (Lipinski definition) is 0. The van der Waals surface area contributed by atoms with E-state index in [1.54, 1.807) is 0 Å². The zero-order valence-electron chi connectivity index (χ0n) is 10.7. The van der Waals surface area contributed by atoms with Crippen molar-refractivity contribution < 1.29 is 0 Å². The Morgan fingerprint density at radius 3 is 2.56 bits per heavy atom. The first-order valence-electron chi connectivity index (χ1n) is 5.94. The second-order valence-electron chi connectivity index (χ2n) is 4.16. The summed E-state index contributed by atoms with van der Waals surface area (Å²) in [6, 6.07) is 16.1. The maximum absolute atomic E-state index is 4.35. The molecule has 0 radical (unpaired) electrons. The van der Waals surface area contributed by atoms with Crippen LogP contribution in [0.2, 0.25) is 0 Å². The van der Waals surface area contributed by atoms with Gasteiger partial charge >= 0.3 is 0 Å². The van der Waals surface area contributed by atoms with Crippen molar-refractivity contribution in [2.45, 2.75) is 6.92 Å². The molecule has 0 aliphatic rings. The third-order valence-corrected chi connectivity index (χ3v) is 2.62. The molecule has 1 aromatic carbocycles. The number of hydrogen-bond acceptors (Lipinski definition) is 2. The third-order valence-electron chi connectivity index (χ3n) is 2.62. The number of nitrogens with zero attached hydrogens (tertiary/aromatic N) is 2. The Morgan fingerprint density at radius 2 is 1.83 bits per heavy atom. The van der Waals surface area contributed by atoms with E-state index in [4.69, 9.17) is 0 Å². The molecule has 2 aromatic rings. The summed E-state index contributed by atoms with van der Waals surface area (Å²) in [5.41, 5.74) is 3.00. The van der Waals surface area contributed by atoms with E-state index in [1.807, 2.05) is 50.4 Å². The van der Waals surface area contributed by atoms with Gasteiger partial charge in [-0.3, -0.25) is 0 Å². The Labute approximate surface area is 108 Å². The maximum Gasteiger partial charge on any atom is 0.113 e. The van der Waals surface area contributed by atoms with Crippen molar-refractivity contribution in [3.8, 4) is 11.8 Å². The van der Waals surface area contributed by atoms with Gasteiger partial charge in [0.2, 0.25) is 0 Å². The molecule has 0 amide bonds. The Kier molecular flexibility index (Phi) is 3.98. The van der Waals surface area contributed by atoms with Crippen molar-refractivity contribution in [1.29, 1.82) is 0 Å². The quantitative estimate of drug-likeness (QED) is 0.745. The number of aryl methyl sites for hydroxylation is 1. The summed E-state index contributed by atoms with van der Waals surface area (Å²) in [6.07, 6.45) is 0. The summed E-state index contributed by atoms with van der Waals surface area (Å²) in [5.74, 6) is 6.22. The van der Waals surface area contributed by atoms with Crippen molar-refractivity contribution in [2.24, 2.45) is 0 Å². The summed E-state index contributed by atoms with van der Waals surface area (Å²) in [4.78, 5) is 6.46. The summed E-state index contributed by atoms with van der Waals surface area (Å²) in [7, 11) is 2.04. The van der Waals surface area contributed by atoms with Crippen LogP contribution in [0, 0.1) is 18.8 Å². The van der Waals surface area contributed by atoms with E-state index in [-0.39, 0.29) is 0 Å². The molecule has 0 saturated carbocycles. The van der Waals surface area contributed by atoms with Crippen LogP contribution >= 0.6 is 0 Å². The van der Waals surface area contributed by atoms with Gasteiger partial charge in [0.15, 0.2) is 0 Å². The van der Waals surface area contributed by atoms with Crippen LogP contribution in [0.15, 0.2) is 48.5 Å². The predicted molar refractivity (Wildman–Crippen MR) is 75.6 cm³/mol.